The predicted octanol–water partition coefficient (Wildman–Crippen LogP) is 7.21. The fraction of sp³-hybridized carbons (Fsp3) is 0.310. The van der Waals surface area contributed by atoms with Crippen molar-refractivity contribution in [1.82, 2.24) is 5.32 Å². The van der Waals surface area contributed by atoms with E-state index in [4.69, 9.17) is 5.26 Å². The minimum Gasteiger partial charge on any atom is -0.359 e. The Hall–Kier alpha value is -3.38. The molecule has 4 rings (SSSR count). The van der Waals surface area contributed by atoms with Gasteiger partial charge in [0.15, 0.2) is 5.78 Å². The number of nitrogens with zero attached hydrogens (tertiary/aromatic N) is 1. The maximum absolute atomic E-state index is 13.4. The standard InChI is InChI=1S/C29H30N2O.H2/c1-19-8-12-26(17-27(19)28-20(2)7-9-21(3)31-28)29(32)25-6-4-5-23(15-16-25)24-13-10-22(18-30)11-14-24;/h6,8-14,17,23,31H,4-5,7,15-16H2,1-3H3;1H. The van der Waals surface area contributed by atoms with Crippen molar-refractivity contribution in [2.45, 2.75) is 58.8 Å². The van der Waals surface area contributed by atoms with Gasteiger partial charge in [-0.15, -0.1) is 0 Å². The van der Waals surface area contributed by atoms with Crippen molar-refractivity contribution < 1.29 is 6.22 Å². The zero-order chi connectivity index (χ0) is 22.7. The Bertz CT molecular complexity index is 1180. The number of Topliss-reactive ketones (excluding diaryl/α,β-unsaturated/α-hetero) is 1. The van der Waals surface area contributed by atoms with Crippen molar-refractivity contribution in [1.29, 1.82) is 5.26 Å². The highest BCUT2D eigenvalue weighted by atomic mass is 16.1. The Morgan fingerprint density at radius 1 is 1.06 bits per heavy atom. The smallest absolute Gasteiger partial charge is 0.188 e. The van der Waals surface area contributed by atoms with Crippen LogP contribution in [0.15, 0.2) is 71.5 Å². The van der Waals surface area contributed by atoms with E-state index in [9.17, 15) is 4.79 Å². The first-order valence-electron chi connectivity index (χ1n) is 11.4. The largest absolute Gasteiger partial charge is 0.359 e. The molecule has 1 heterocycles. The molecule has 1 atom stereocenters. The highest BCUT2D eigenvalue weighted by Gasteiger charge is 2.21. The average Bonchev–Trinajstić information content (AvgIpc) is 3.07. The molecule has 164 valence electrons. The van der Waals surface area contributed by atoms with E-state index in [0.29, 0.717) is 11.5 Å². The highest BCUT2D eigenvalue weighted by Crippen LogP contribution is 2.33. The number of aryl methyl sites for hydroxylation is 1. The second kappa shape index (κ2) is 9.40. The molecule has 32 heavy (non-hydrogen) atoms. The van der Waals surface area contributed by atoms with Crippen LogP contribution in [0.5, 0.6) is 0 Å². The number of carbonyl (C=O) groups excluding carboxylic acids is 1. The minimum atomic E-state index is 0. The lowest BCUT2D eigenvalue weighted by atomic mass is 9.89. The quantitative estimate of drug-likeness (QED) is 0.528. The third-order valence-electron chi connectivity index (χ3n) is 6.70. The number of allylic oxidation sites excluding steroid dienone is 5. The summed E-state index contributed by atoms with van der Waals surface area (Å²) in [5.41, 5.74) is 9.52. The Morgan fingerprint density at radius 2 is 1.84 bits per heavy atom. The number of nitriles is 1. The number of rotatable bonds is 4. The maximum atomic E-state index is 13.4. The molecule has 0 radical (unpaired) electrons. The summed E-state index contributed by atoms with van der Waals surface area (Å²) in [4.78, 5) is 13.4. The normalized spacial score (nSPS) is 18.8. The van der Waals surface area contributed by atoms with Crippen molar-refractivity contribution in [3.05, 3.63) is 99.3 Å². The fourth-order valence-electron chi connectivity index (χ4n) is 4.68. The second-order valence-electron chi connectivity index (χ2n) is 9.01. The van der Waals surface area contributed by atoms with Crippen LogP contribution in [0.4, 0.5) is 0 Å². The summed E-state index contributed by atoms with van der Waals surface area (Å²) in [7, 11) is 0. The molecule has 0 bridgehead atoms. The monoisotopic (exact) mass is 424 g/mol. The molecule has 0 aromatic heterocycles. The van der Waals surface area contributed by atoms with Crippen LogP contribution < -0.4 is 5.32 Å². The van der Waals surface area contributed by atoms with Gasteiger partial charge in [-0.25, -0.2) is 0 Å². The van der Waals surface area contributed by atoms with Crippen molar-refractivity contribution in [3.63, 3.8) is 0 Å². The first kappa shape index (κ1) is 21.8. The molecular formula is C29H32N2O. The molecular weight excluding hydrogens is 392 g/mol. The zero-order valence-corrected chi connectivity index (χ0v) is 19.2. The Morgan fingerprint density at radius 3 is 2.59 bits per heavy atom. The summed E-state index contributed by atoms with van der Waals surface area (Å²) in [5.74, 6) is 0.569. The third kappa shape index (κ3) is 4.60. The predicted molar refractivity (Wildman–Crippen MR) is 132 cm³/mol. The molecule has 0 saturated heterocycles. The minimum absolute atomic E-state index is 0. The van der Waals surface area contributed by atoms with E-state index in [1.807, 2.05) is 18.2 Å². The molecule has 0 spiro atoms. The Labute approximate surface area is 192 Å². The van der Waals surface area contributed by atoms with E-state index in [2.05, 4.69) is 68.6 Å². The van der Waals surface area contributed by atoms with E-state index >= 15 is 0 Å². The van der Waals surface area contributed by atoms with Crippen molar-refractivity contribution >= 4 is 11.5 Å². The maximum Gasteiger partial charge on any atom is 0.188 e. The first-order valence-corrected chi connectivity index (χ1v) is 11.4. The van der Waals surface area contributed by atoms with Crippen LogP contribution in [0.1, 0.15) is 85.9 Å². The van der Waals surface area contributed by atoms with Crippen molar-refractivity contribution in [2.75, 3.05) is 0 Å². The molecule has 0 amide bonds. The van der Waals surface area contributed by atoms with Gasteiger partial charge in [-0.2, -0.15) is 5.26 Å². The zero-order valence-electron chi connectivity index (χ0n) is 19.2. The van der Waals surface area contributed by atoms with Crippen LogP contribution in [0.25, 0.3) is 5.70 Å². The molecule has 2 aliphatic rings. The molecule has 3 heteroatoms. The SMILES string of the molecule is CC1=CCC(C)=C(c2cc(C(=O)C3=CCCC(c4ccc(C#N)cc4)CC3)ccc2C)N1.[HH]. The van der Waals surface area contributed by atoms with E-state index < -0.39 is 0 Å². The molecule has 1 unspecified atom stereocenters. The molecule has 0 saturated carbocycles. The lowest BCUT2D eigenvalue weighted by molar-refractivity contribution is 0.103. The summed E-state index contributed by atoms with van der Waals surface area (Å²) in [6.07, 6.45) is 8.95. The Kier molecular flexibility index (Phi) is 6.42. The van der Waals surface area contributed by atoms with Gasteiger partial charge in [0.05, 0.1) is 11.6 Å². The van der Waals surface area contributed by atoms with E-state index in [1.165, 1.54) is 16.7 Å². The van der Waals surface area contributed by atoms with Crippen LogP contribution in [-0.2, 0) is 0 Å². The van der Waals surface area contributed by atoms with E-state index in [1.54, 1.807) is 0 Å². The second-order valence-corrected chi connectivity index (χ2v) is 9.01. The van der Waals surface area contributed by atoms with Gasteiger partial charge in [0.25, 0.3) is 0 Å². The van der Waals surface area contributed by atoms with Gasteiger partial charge < -0.3 is 5.32 Å². The van der Waals surface area contributed by atoms with Gasteiger partial charge in [-0.3, -0.25) is 4.79 Å². The first-order chi connectivity index (χ1) is 15.5. The van der Waals surface area contributed by atoms with Gasteiger partial charge in [0.1, 0.15) is 0 Å². The summed E-state index contributed by atoms with van der Waals surface area (Å²) < 4.78 is 0. The molecule has 1 N–H and O–H groups in total. The Balaban J connectivity index is 0.00000306. The topological polar surface area (TPSA) is 52.9 Å². The lowest BCUT2D eigenvalue weighted by Gasteiger charge is -2.22. The highest BCUT2D eigenvalue weighted by molar-refractivity contribution is 6.09. The average molecular weight is 425 g/mol. The molecule has 3 nitrogen and oxygen atoms in total. The van der Waals surface area contributed by atoms with Crippen molar-refractivity contribution in [2.24, 2.45) is 0 Å². The number of ketones is 1. The van der Waals surface area contributed by atoms with Crippen molar-refractivity contribution in [3.8, 4) is 6.07 Å². The van der Waals surface area contributed by atoms with E-state index in [-0.39, 0.29) is 7.21 Å². The van der Waals surface area contributed by atoms with Crippen LogP contribution in [0.3, 0.4) is 0 Å². The molecule has 0 fully saturated rings. The van der Waals surface area contributed by atoms with Gasteiger partial charge in [-0.1, -0.05) is 36.4 Å². The molecule has 1 aliphatic heterocycles. The molecule has 1 aliphatic carbocycles. The molecule has 2 aromatic rings. The number of dihydropyridines is 1. The summed E-state index contributed by atoms with van der Waals surface area (Å²) in [6.45, 7) is 6.33. The number of carbonyl (C=O) groups is 1. The summed E-state index contributed by atoms with van der Waals surface area (Å²) in [5, 5.41) is 12.5. The number of hydrogen-bond acceptors (Lipinski definition) is 3. The van der Waals surface area contributed by atoms with Crippen LogP contribution in [0, 0.1) is 18.3 Å². The number of hydrogen-bond donors (Lipinski definition) is 1. The fourth-order valence-corrected chi connectivity index (χ4v) is 4.68. The van der Waals surface area contributed by atoms with Crippen LogP contribution in [-0.4, -0.2) is 5.78 Å². The van der Waals surface area contributed by atoms with Gasteiger partial charge in [0, 0.05) is 23.9 Å². The number of nitrogens with one attached hydrogen (secondary N) is 1. The third-order valence-corrected chi connectivity index (χ3v) is 6.70. The lowest BCUT2D eigenvalue weighted by Crippen LogP contribution is -2.16. The van der Waals surface area contributed by atoms with E-state index in [0.717, 1.165) is 60.2 Å². The number of benzene rings is 2. The summed E-state index contributed by atoms with van der Waals surface area (Å²) >= 11 is 0. The van der Waals surface area contributed by atoms with Gasteiger partial charge in [-0.05, 0) is 99.3 Å². The van der Waals surface area contributed by atoms with Gasteiger partial charge in [0.2, 0.25) is 0 Å². The van der Waals surface area contributed by atoms with Crippen LogP contribution in [0.2, 0.25) is 0 Å². The van der Waals surface area contributed by atoms with Gasteiger partial charge >= 0.3 is 0 Å². The summed E-state index contributed by atoms with van der Waals surface area (Å²) in [6, 6.07) is 16.2. The molecule has 2 aromatic carbocycles. The van der Waals surface area contributed by atoms with Crippen LogP contribution >= 0.6 is 0 Å².